The number of esters is 1. The number of hydrogen-bond donors (Lipinski definition) is 3. The van der Waals surface area contributed by atoms with Crippen LogP contribution in [0.2, 0.25) is 0 Å². The predicted molar refractivity (Wildman–Crippen MR) is 146 cm³/mol. The van der Waals surface area contributed by atoms with Crippen molar-refractivity contribution in [2.75, 3.05) is 0 Å². The Morgan fingerprint density at radius 1 is 1.26 bits per heavy atom. The molecule has 0 spiro atoms. The molecule has 0 aliphatic carbocycles. The fourth-order valence-electron chi connectivity index (χ4n) is 5.06. The number of aliphatic hydroxyl groups is 2. The molecule has 38 heavy (non-hydrogen) atoms. The van der Waals surface area contributed by atoms with Gasteiger partial charge in [-0.2, -0.15) is 0 Å². The zero-order valence-corrected chi connectivity index (χ0v) is 23.0. The summed E-state index contributed by atoms with van der Waals surface area (Å²) in [5, 5.41) is 22.1. The Kier molecular flexibility index (Phi) is 10.0. The molecule has 0 amide bonds. The van der Waals surface area contributed by atoms with Crippen LogP contribution in [0.15, 0.2) is 46.9 Å². The molecule has 8 heteroatoms. The van der Waals surface area contributed by atoms with Crippen LogP contribution in [0.25, 0.3) is 11.1 Å². The number of carbonyl (C=O) groups is 2. The van der Waals surface area contributed by atoms with Crippen molar-refractivity contribution < 1.29 is 29.0 Å². The van der Waals surface area contributed by atoms with Gasteiger partial charge in [-0.05, 0) is 56.2 Å². The van der Waals surface area contributed by atoms with E-state index in [4.69, 9.17) is 14.9 Å². The summed E-state index contributed by atoms with van der Waals surface area (Å²) >= 11 is 0. The molecule has 0 radical (unpaired) electrons. The second-order valence-electron chi connectivity index (χ2n) is 11.1. The fraction of sp³-hybridized carbons (Fsp3) is 0.567. The van der Waals surface area contributed by atoms with Crippen molar-refractivity contribution in [2.24, 2.45) is 23.0 Å². The van der Waals surface area contributed by atoms with Crippen LogP contribution in [-0.4, -0.2) is 39.2 Å². The van der Waals surface area contributed by atoms with Crippen molar-refractivity contribution in [3.8, 4) is 0 Å². The van der Waals surface area contributed by atoms with Crippen LogP contribution < -0.4 is 5.73 Å². The summed E-state index contributed by atoms with van der Waals surface area (Å²) in [5.41, 5.74) is 7.51. The Hall–Kier alpha value is -2.81. The van der Waals surface area contributed by atoms with E-state index in [2.05, 4.69) is 17.6 Å². The Balaban J connectivity index is 1.93. The first kappa shape index (κ1) is 29.7. The van der Waals surface area contributed by atoms with Crippen LogP contribution in [0.1, 0.15) is 83.8 Å². The third kappa shape index (κ3) is 6.98. The smallest absolute Gasteiger partial charge is 0.309 e. The summed E-state index contributed by atoms with van der Waals surface area (Å²) in [7, 11) is 0. The van der Waals surface area contributed by atoms with E-state index in [-0.39, 0.29) is 24.7 Å². The van der Waals surface area contributed by atoms with Gasteiger partial charge in [0.1, 0.15) is 17.4 Å². The monoisotopic (exact) mass is 526 g/mol. The van der Waals surface area contributed by atoms with Crippen molar-refractivity contribution in [1.82, 2.24) is 4.98 Å². The van der Waals surface area contributed by atoms with Crippen LogP contribution in [-0.2, 0) is 20.9 Å². The molecule has 0 saturated carbocycles. The van der Waals surface area contributed by atoms with Crippen LogP contribution >= 0.6 is 0 Å². The summed E-state index contributed by atoms with van der Waals surface area (Å²) in [6.45, 7) is 11.1. The number of allylic oxidation sites excluding steroid dienone is 2. The van der Waals surface area contributed by atoms with Crippen molar-refractivity contribution in [2.45, 2.75) is 91.1 Å². The number of aliphatic hydroxyl groups excluding tert-OH is 2. The number of oxazole rings is 1. The van der Waals surface area contributed by atoms with Gasteiger partial charge in [-0.3, -0.25) is 9.59 Å². The number of aromatic nitrogens is 1. The lowest BCUT2D eigenvalue weighted by Gasteiger charge is -2.35. The molecule has 2 aromatic rings. The van der Waals surface area contributed by atoms with E-state index in [1.165, 1.54) is 0 Å². The molecule has 0 bridgehead atoms. The van der Waals surface area contributed by atoms with Gasteiger partial charge in [0.2, 0.25) is 5.89 Å². The SMILES string of the molecule is C=CC[C@H]1C(=O)C(C)(C)[C@@H](O)CC(=O)O[C@H](c2ccc3oc(CN)nc3c2)CC=C(C)CCC[C@H](C)[C@@H]1O. The molecule has 1 aliphatic heterocycles. The molecule has 208 valence electrons. The highest BCUT2D eigenvalue weighted by atomic mass is 16.5. The normalized spacial score (nSPS) is 28.1. The van der Waals surface area contributed by atoms with E-state index in [1.807, 2.05) is 26.0 Å². The van der Waals surface area contributed by atoms with Crippen molar-refractivity contribution in [3.63, 3.8) is 0 Å². The molecule has 4 N–H and O–H groups in total. The molecule has 8 nitrogen and oxygen atoms in total. The molecular weight excluding hydrogens is 484 g/mol. The second kappa shape index (κ2) is 12.8. The van der Waals surface area contributed by atoms with Gasteiger partial charge in [0.15, 0.2) is 5.58 Å². The molecule has 0 saturated heterocycles. The fourth-order valence-corrected chi connectivity index (χ4v) is 5.06. The largest absolute Gasteiger partial charge is 0.457 e. The third-order valence-corrected chi connectivity index (χ3v) is 7.77. The van der Waals surface area contributed by atoms with E-state index < -0.39 is 35.6 Å². The first-order valence-electron chi connectivity index (χ1n) is 13.4. The predicted octanol–water partition coefficient (Wildman–Crippen LogP) is 4.93. The lowest BCUT2D eigenvalue weighted by Crippen LogP contribution is -2.46. The number of nitrogens with two attached hydrogens (primary N) is 1. The molecule has 2 heterocycles. The van der Waals surface area contributed by atoms with Gasteiger partial charge in [0.05, 0.1) is 30.6 Å². The number of ketones is 1. The minimum absolute atomic E-state index is 0.108. The average molecular weight is 527 g/mol. The number of benzene rings is 1. The summed E-state index contributed by atoms with van der Waals surface area (Å²) in [5.74, 6) is -1.30. The number of Topliss-reactive ketones (excluding diaryl/α,β-unsaturated/α-hetero) is 1. The first-order valence-corrected chi connectivity index (χ1v) is 13.4. The molecular formula is C30H42N2O6. The minimum Gasteiger partial charge on any atom is -0.457 e. The quantitative estimate of drug-likeness (QED) is 0.377. The van der Waals surface area contributed by atoms with Crippen LogP contribution in [0.4, 0.5) is 0 Å². The van der Waals surface area contributed by atoms with Crippen LogP contribution in [0.3, 0.4) is 0 Å². The number of nitrogens with zero attached hydrogens (tertiary/aromatic N) is 1. The van der Waals surface area contributed by atoms with Gasteiger partial charge in [-0.15, -0.1) is 6.58 Å². The van der Waals surface area contributed by atoms with Gasteiger partial charge < -0.3 is 25.1 Å². The van der Waals surface area contributed by atoms with E-state index in [9.17, 15) is 19.8 Å². The molecule has 0 unspecified atom stereocenters. The van der Waals surface area contributed by atoms with E-state index in [0.29, 0.717) is 29.8 Å². The Morgan fingerprint density at radius 2 is 2.00 bits per heavy atom. The minimum atomic E-state index is -1.28. The molecule has 1 aliphatic rings. The van der Waals surface area contributed by atoms with E-state index >= 15 is 0 Å². The van der Waals surface area contributed by atoms with Crippen LogP contribution in [0, 0.1) is 17.3 Å². The Labute approximate surface area is 225 Å². The van der Waals surface area contributed by atoms with Crippen molar-refractivity contribution >= 4 is 22.9 Å². The first-order chi connectivity index (χ1) is 18.0. The maximum atomic E-state index is 13.6. The van der Waals surface area contributed by atoms with Gasteiger partial charge in [-0.25, -0.2) is 4.98 Å². The Bertz CT molecular complexity index is 1170. The summed E-state index contributed by atoms with van der Waals surface area (Å²) in [6.07, 6.45) is 3.73. The number of cyclic esters (lactones) is 1. The standard InChI is InChI=1S/C30H42N2O6/c1-6-8-21-28(35)19(3)10-7-9-18(2)11-13-23(38-27(34)16-25(33)30(4,5)29(21)36)20-12-14-24-22(15-20)32-26(17-31)37-24/h6,11-12,14-15,19,21,23,25,28,33,35H,1,7-10,13,16-17,31H2,2-5H3/t19-,21+,23-,25-,28-/m0/s1. The molecule has 3 rings (SSSR count). The van der Waals surface area contributed by atoms with E-state index in [0.717, 1.165) is 30.4 Å². The molecule has 1 aromatic heterocycles. The van der Waals surface area contributed by atoms with Gasteiger partial charge in [-0.1, -0.05) is 44.6 Å². The molecule has 5 atom stereocenters. The third-order valence-electron chi connectivity index (χ3n) is 7.77. The van der Waals surface area contributed by atoms with E-state index in [1.54, 1.807) is 26.0 Å². The summed E-state index contributed by atoms with van der Waals surface area (Å²) in [6, 6.07) is 5.44. The zero-order valence-electron chi connectivity index (χ0n) is 23.0. The maximum Gasteiger partial charge on any atom is 0.309 e. The average Bonchev–Trinajstić information content (AvgIpc) is 3.30. The topological polar surface area (TPSA) is 136 Å². The lowest BCUT2D eigenvalue weighted by molar-refractivity contribution is -0.156. The number of fused-ring (bicyclic) bond motifs is 1. The molecule has 1 aromatic carbocycles. The number of carbonyl (C=O) groups excluding carboxylic acids is 2. The van der Waals surface area contributed by atoms with Gasteiger partial charge in [0, 0.05) is 12.3 Å². The molecule has 0 fully saturated rings. The van der Waals surface area contributed by atoms with Crippen molar-refractivity contribution in [1.29, 1.82) is 0 Å². The highest BCUT2D eigenvalue weighted by molar-refractivity contribution is 5.88. The van der Waals surface area contributed by atoms with Crippen LogP contribution in [0.5, 0.6) is 0 Å². The second-order valence-corrected chi connectivity index (χ2v) is 11.1. The summed E-state index contributed by atoms with van der Waals surface area (Å²) in [4.78, 5) is 31.0. The van der Waals surface area contributed by atoms with Gasteiger partial charge >= 0.3 is 5.97 Å². The lowest BCUT2D eigenvalue weighted by atomic mass is 9.71. The van der Waals surface area contributed by atoms with Crippen molar-refractivity contribution in [3.05, 3.63) is 54.0 Å². The highest BCUT2D eigenvalue weighted by Crippen LogP contribution is 2.35. The Morgan fingerprint density at radius 3 is 2.68 bits per heavy atom. The number of rotatable bonds is 4. The van der Waals surface area contributed by atoms with Gasteiger partial charge in [0.25, 0.3) is 0 Å². The number of ether oxygens (including phenoxy) is 1. The summed E-state index contributed by atoms with van der Waals surface area (Å²) < 4.78 is 11.5. The number of hydrogen-bond acceptors (Lipinski definition) is 8. The zero-order chi connectivity index (χ0) is 28.0. The highest BCUT2D eigenvalue weighted by Gasteiger charge is 2.43. The maximum absolute atomic E-state index is 13.6.